The van der Waals surface area contributed by atoms with Gasteiger partial charge in [0, 0.05) is 6.20 Å². The zero-order chi connectivity index (χ0) is 14.0. The van der Waals surface area contributed by atoms with Crippen molar-refractivity contribution in [1.82, 2.24) is 9.97 Å². The molecule has 0 aliphatic carbocycles. The highest BCUT2D eigenvalue weighted by molar-refractivity contribution is 7.92. The average molecular weight is 301 g/mol. The molecule has 19 heavy (non-hydrogen) atoms. The molecular weight excluding hydrogens is 292 g/mol. The number of nitrogens with one attached hydrogen (secondary N) is 1. The summed E-state index contributed by atoms with van der Waals surface area (Å²) in [7, 11) is -3.89. The molecule has 0 amide bonds. The number of sulfonamides is 1. The maximum Gasteiger partial charge on any atom is 0.264 e. The van der Waals surface area contributed by atoms with Crippen LogP contribution in [-0.2, 0) is 10.0 Å². The van der Waals surface area contributed by atoms with Crippen molar-refractivity contribution < 1.29 is 13.5 Å². The van der Waals surface area contributed by atoms with Gasteiger partial charge in [0.1, 0.15) is 10.9 Å². The predicted octanol–water partition coefficient (Wildman–Crippen LogP) is 1.22. The molecule has 0 unspecified atom stereocenters. The lowest BCUT2D eigenvalue weighted by Gasteiger charge is -2.07. The number of aromatic hydroxyl groups is 1. The molecule has 0 saturated heterocycles. The van der Waals surface area contributed by atoms with Crippen LogP contribution in [-0.4, -0.2) is 23.5 Å². The van der Waals surface area contributed by atoms with E-state index in [4.69, 9.17) is 17.3 Å². The van der Waals surface area contributed by atoms with Gasteiger partial charge in [-0.3, -0.25) is 0 Å². The second kappa shape index (κ2) is 4.90. The van der Waals surface area contributed by atoms with E-state index in [9.17, 15) is 13.5 Å². The monoisotopic (exact) mass is 300 g/mol. The van der Waals surface area contributed by atoms with E-state index in [1.54, 1.807) is 0 Å². The highest BCUT2D eigenvalue weighted by Crippen LogP contribution is 2.24. The van der Waals surface area contributed by atoms with Crippen LogP contribution in [0.3, 0.4) is 0 Å². The second-order valence-electron chi connectivity index (χ2n) is 3.53. The van der Waals surface area contributed by atoms with Crippen molar-refractivity contribution in [2.75, 3.05) is 10.5 Å². The minimum Gasteiger partial charge on any atom is -0.506 e. The molecule has 1 heterocycles. The molecule has 0 fully saturated rings. The molecule has 2 aromatic rings. The zero-order valence-corrected chi connectivity index (χ0v) is 11.0. The summed E-state index contributed by atoms with van der Waals surface area (Å²) < 4.78 is 26.2. The molecule has 0 radical (unpaired) electrons. The Bertz CT molecular complexity index is 720. The van der Waals surface area contributed by atoms with Gasteiger partial charge in [-0.05, 0) is 24.3 Å². The predicted molar refractivity (Wildman–Crippen MR) is 70.4 cm³/mol. The van der Waals surface area contributed by atoms with Crippen LogP contribution in [0.5, 0.6) is 5.75 Å². The maximum atomic E-state index is 12.0. The lowest BCUT2D eigenvalue weighted by atomic mass is 10.3. The van der Waals surface area contributed by atoms with E-state index in [2.05, 4.69) is 14.7 Å². The fourth-order valence-corrected chi connectivity index (χ4v) is 2.39. The summed E-state index contributed by atoms with van der Waals surface area (Å²) in [6, 6.07) is 4.93. The Morgan fingerprint density at radius 1 is 1.32 bits per heavy atom. The van der Waals surface area contributed by atoms with Crippen LogP contribution in [0.1, 0.15) is 0 Å². The molecule has 1 aromatic carbocycles. The van der Waals surface area contributed by atoms with Crippen LogP contribution in [0.25, 0.3) is 0 Å². The summed E-state index contributed by atoms with van der Waals surface area (Å²) in [5, 5.41) is 9.36. The minimum atomic E-state index is -3.89. The van der Waals surface area contributed by atoms with Crippen LogP contribution < -0.4 is 10.5 Å². The lowest BCUT2D eigenvalue weighted by Crippen LogP contribution is -2.15. The Kier molecular flexibility index (Phi) is 3.45. The van der Waals surface area contributed by atoms with Crippen molar-refractivity contribution in [2.45, 2.75) is 4.90 Å². The van der Waals surface area contributed by atoms with Gasteiger partial charge in [-0.1, -0.05) is 11.6 Å². The van der Waals surface area contributed by atoms with Crippen LogP contribution in [0.4, 0.5) is 11.6 Å². The number of hydrogen-bond donors (Lipinski definition) is 3. The Hall–Kier alpha value is -2.06. The Labute approximate surface area is 114 Å². The Morgan fingerprint density at radius 2 is 2.05 bits per heavy atom. The van der Waals surface area contributed by atoms with Gasteiger partial charge in [-0.2, -0.15) is 0 Å². The standard InChI is InChI=1S/C10H9ClN4O3S/c11-9-3-4-13-10(14-9)15-19(17,18)6-1-2-8(16)7(12)5-6/h1-5,16H,12H2,(H,13,14,15). The van der Waals surface area contributed by atoms with Gasteiger partial charge in [0.25, 0.3) is 10.0 Å². The number of anilines is 2. The van der Waals surface area contributed by atoms with Crippen molar-refractivity contribution in [1.29, 1.82) is 0 Å². The van der Waals surface area contributed by atoms with E-state index in [1.165, 1.54) is 24.4 Å². The molecule has 4 N–H and O–H groups in total. The maximum absolute atomic E-state index is 12.0. The van der Waals surface area contributed by atoms with Gasteiger partial charge in [0.2, 0.25) is 5.95 Å². The molecule has 1 aromatic heterocycles. The first-order chi connectivity index (χ1) is 8.88. The SMILES string of the molecule is Nc1cc(S(=O)(=O)Nc2nccc(Cl)n2)ccc1O. The number of phenols is 1. The van der Waals surface area contributed by atoms with E-state index in [0.717, 1.165) is 6.07 Å². The molecular formula is C10H9ClN4O3S. The number of phenolic OH excluding ortho intramolecular Hbond substituents is 1. The van der Waals surface area contributed by atoms with E-state index < -0.39 is 10.0 Å². The van der Waals surface area contributed by atoms with Crippen molar-refractivity contribution in [3.8, 4) is 5.75 Å². The van der Waals surface area contributed by atoms with Crippen LogP contribution in [0, 0.1) is 0 Å². The van der Waals surface area contributed by atoms with Gasteiger partial charge in [-0.25, -0.2) is 23.1 Å². The van der Waals surface area contributed by atoms with Crippen LogP contribution in [0.2, 0.25) is 5.15 Å². The van der Waals surface area contributed by atoms with Crippen LogP contribution >= 0.6 is 11.6 Å². The highest BCUT2D eigenvalue weighted by Gasteiger charge is 2.17. The van der Waals surface area contributed by atoms with Crippen molar-refractivity contribution >= 4 is 33.3 Å². The quantitative estimate of drug-likeness (QED) is 0.445. The molecule has 7 nitrogen and oxygen atoms in total. The Balaban J connectivity index is 2.35. The molecule has 0 spiro atoms. The molecule has 0 aliphatic heterocycles. The largest absolute Gasteiger partial charge is 0.506 e. The first-order valence-electron chi connectivity index (χ1n) is 4.98. The molecule has 0 aliphatic rings. The number of rotatable bonds is 3. The summed E-state index contributed by atoms with van der Waals surface area (Å²) in [5.74, 6) is -0.350. The normalized spacial score (nSPS) is 11.2. The molecule has 100 valence electrons. The summed E-state index contributed by atoms with van der Waals surface area (Å²) >= 11 is 5.63. The first kappa shape index (κ1) is 13.4. The Morgan fingerprint density at radius 3 is 2.68 bits per heavy atom. The van der Waals surface area contributed by atoms with Crippen molar-refractivity contribution in [3.63, 3.8) is 0 Å². The lowest BCUT2D eigenvalue weighted by molar-refractivity contribution is 0.477. The molecule has 2 rings (SSSR count). The highest BCUT2D eigenvalue weighted by atomic mass is 35.5. The van der Waals surface area contributed by atoms with E-state index in [0.29, 0.717) is 0 Å². The number of hydrogen-bond acceptors (Lipinski definition) is 6. The number of halogens is 1. The fraction of sp³-hybridized carbons (Fsp3) is 0. The summed E-state index contributed by atoms with van der Waals surface area (Å²) in [6.45, 7) is 0. The van der Waals surface area contributed by atoms with Crippen molar-refractivity contribution in [3.05, 3.63) is 35.6 Å². The first-order valence-corrected chi connectivity index (χ1v) is 6.84. The van der Waals surface area contributed by atoms with E-state index in [1.807, 2.05) is 0 Å². The number of benzene rings is 1. The topological polar surface area (TPSA) is 118 Å². The second-order valence-corrected chi connectivity index (χ2v) is 5.60. The van der Waals surface area contributed by atoms with Crippen molar-refractivity contribution in [2.24, 2.45) is 0 Å². The molecule has 0 atom stereocenters. The van der Waals surface area contributed by atoms with Crippen LogP contribution in [0.15, 0.2) is 35.4 Å². The van der Waals surface area contributed by atoms with Gasteiger partial charge < -0.3 is 10.8 Å². The average Bonchev–Trinajstić information content (AvgIpc) is 2.32. The summed E-state index contributed by atoms with van der Waals surface area (Å²) in [6.07, 6.45) is 1.32. The number of nitrogens with zero attached hydrogens (tertiary/aromatic N) is 2. The van der Waals surface area contributed by atoms with E-state index >= 15 is 0 Å². The smallest absolute Gasteiger partial charge is 0.264 e. The molecule has 0 bridgehead atoms. The third kappa shape index (κ3) is 3.04. The van der Waals surface area contributed by atoms with Gasteiger partial charge in [-0.15, -0.1) is 0 Å². The molecule has 0 saturated carbocycles. The minimum absolute atomic E-state index is 0.0464. The van der Waals surface area contributed by atoms with Gasteiger partial charge >= 0.3 is 0 Å². The van der Waals surface area contributed by atoms with E-state index in [-0.39, 0.29) is 27.4 Å². The number of nitrogen functional groups attached to an aromatic ring is 1. The van der Waals surface area contributed by atoms with Gasteiger partial charge in [0.05, 0.1) is 10.6 Å². The number of aromatic nitrogens is 2. The third-order valence-electron chi connectivity index (χ3n) is 2.16. The fourth-order valence-electron chi connectivity index (χ4n) is 1.26. The zero-order valence-electron chi connectivity index (χ0n) is 9.41. The van der Waals surface area contributed by atoms with Gasteiger partial charge in [0.15, 0.2) is 0 Å². The summed E-state index contributed by atoms with van der Waals surface area (Å²) in [5.41, 5.74) is 5.39. The summed E-state index contributed by atoms with van der Waals surface area (Å²) in [4.78, 5) is 7.31. The molecule has 9 heteroatoms. The number of nitrogens with two attached hydrogens (primary N) is 1. The third-order valence-corrected chi connectivity index (χ3v) is 3.69.